The molecule has 1 aliphatic carbocycles. The van der Waals surface area contributed by atoms with Crippen LogP contribution in [0.2, 0.25) is 0 Å². The molecular weight excluding hydrogens is 258 g/mol. The Labute approximate surface area is 127 Å². The maximum Gasteiger partial charge on any atom is 0.137 e. The number of fused-ring (bicyclic) bond motifs is 1. The minimum absolute atomic E-state index is 0.375. The number of nitrogens with one attached hydrogen (secondary N) is 1. The summed E-state index contributed by atoms with van der Waals surface area (Å²) in [4.78, 5) is 0. The van der Waals surface area contributed by atoms with Crippen LogP contribution in [-0.4, -0.2) is 6.54 Å². The Morgan fingerprint density at radius 3 is 2.62 bits per heavy atom. The van der Waals surface area contributed by atoms with Gasteiger partial charge in [-0.2, -0.15) is 0 Å². The molecule has 0 spiro atoms. The van der Waals surface area contributed by atoms with Gasteiger partial charge in [0.05, 0.1) is 6.04 Å². The van der Waals surface area contributed by atoms with E-state index in [0.717, 1.165) is 17.9 Å². The number of hydrogen-bond donors (Lipinski definition) is 1. The van der Waals surface area contributed by atoms with Crippen LogP contribution in [0.5, 0.6) is 0 Å². The van der Waals surface area contributed by atoms with Gasteiger partial charge in [0.15, 0.2) is 0 Å². The van der Waals surface area contributed by atoms with Crippen LogP contribution in [0.3, 0.4) is 0 Å². The highest BCUT2D eigenvalue weighted by atomic mass is 16.3. The molecule has 1 fully saturated rings. The van der Waals surface area contributed by atoms with E-state index in [0.29, 0.717) is 12.0 Å². The van der Waals surface area contributed by atoms with E-state index < -0.39 is 0 Å². The minimum atomic E-state index is 0.375. The maximum atomic E-state index is 6.25. The molecule has 1 saturated carbocycles. The Morgan fingerprint density at radius 2 is 1.95 bits per heavy atom. The van der Waals surface area contributed by atoms with Gasteiger partial charge in [0, 0.05) is 5.39 Å². The zero-order valence-corrected chi connectivity index (χ0v) is 13.3. The number of hydrogen-bond acceptors (Lipinski definition) is 2. The molecule has 1 N–H and O–H groups in total. The lowest BCUT2D eigenvalue weighted by Gasteiger charge is -2.25. The molecule has 2 heteroatoms. The van der Waals surface area contributed by atoms with Gasteiger partial charge in [-0.05, 0) is 43.9 Å². The summed E-state index contributed by atoms with van der Waals surface area (Å²) in [6.45, 7) is 5.32. The van der Waals surface area contributed by atoms with E-state index in [1.165, 1.54) is 49.5 Å². The van der Waals surface area contributed by atoms with E-state index in [2.05, 4.69) is 43.4 Å². The molecule has 1 atom stereocenters. The van der Waals surface area contributed by atoms with Crippen LogP contribution in [0, 0.1) is 12.8 Å². The predicted molar refractivity (Wildman–Crippen MR) is 88.6 cm³/mol. The second kappa shape index (κ2) is 6.65. The van der Waals surface area contributed by atoms with Crippen molar-refractivity contribution in [3.05, 3.63) is 35.6 Å². The van der Waals surface area contributed by atoms with Gasteiger partial charge in [0.2, 0.25) is 0 Å². The molecule has 1 aliphatic rings. The highest BCUT2D eigenvalue weighted by Crippen LogP contribution is 2.36. The average Bonchev–Trinajstić information content (AvgIpc) is 2.74. The van der Waals surface area contributed by atoms with Gasteiger partial charge in [0.1, 0.15) is 11.3 Å². The third kappa shape index (κ3) is 3.16. The van der Waals surface area contributed by atoms with Gasteiger partial charge in [-0.15, -0.1) is 0 Å². The summed E-state index contributed by atoms with van der Waals surface area (Å²) in [7, 11) is 0. The fourth-order valence-corrected chi connectivity index (χ4v) is 3.75. The van der Waals surface area contributed by atoms with Gasteiger partial charge in [0.25, 0.3) is 0 Å². The van der Waals surface area contributed by atoms with Crippen LogP contribution in [0.15, 0.2) is 28.7 Å². The third-order valence-corrected chi connectivity index (χ3v) is 4.86. The van der Waals surface area contributed by atoms with Crippen LogP contribution >= 0.6 is 0 Å². The van der Waals surface area contributed by atoms with Crippen molar-refractivity contribution >= 4 is 11.0 Å². The van der Waals surface area contributed by atoms with Crippen molar-refractivity contribution < 1.29 is 4.42 Å². The van der Waals surface area contributed by atoms with E-state index in [1.54, 1.807) is 0 Å². The van der Waals surface area contributed by atoms with E-state index >= 15 is 0 Å². The summed E-state index contributed by atoms with van der Waals surface area (Å²) in [5, 5.41) is 4.92. The lowest BCUT2D eigenvalue weighted by Crippen LogP contribution is -2.27. The quantitative estimate of drug-likeness (QED) is 0.765. The van der Waals surface area contributed by atoms with Crippen LogP contribution in [0.4, 0.5) is 0 Å². The van der Waals surface area contributed by atoms with Crippen molar-refractivity contribution in [3.8, 4) is 0 Å². The van der Waals surface area contributed by atoms with Crippen molar-refractivity contribution in [2.24, 2.45) is 5.92 Å². The monoisotopic (exact) mass is 285 g/mol. The van der Waals surface area contributed by atoms with Crippen LogP contribution in [0.25, 0.3) is 11.0 Å². The highest BCUT2D eigenvalue weighted by molar-refractivity contribution is 5.81. The number of aryl methyl sites for hydroxylation is 1. The van der Waals surface area contributed by atoms with Crippen LogP contribution < -0.4 is 5.32 Å². The first-order valence-corrected chi connectivity index (χ1v) is 8.52. The lowest BCUT2D eigenvalue weighted by atomic mass is 9.90. The molecule has 114 valence electrons. The van der Waals surface area contributed by atoms with Gasteiger partial charge in [-0.1, -0.05) is 50.8 Å². The molecule has 1 aromatic carbocycles. The van der Waals surface area contributed by atoms with E-state index in [4.69, 9.17) is 4.42 Å². The van der Waals surface area contributed by atoms with Gasteiger partial charge in [-0.25, -0.2) is 0 Å². The second-order valence-electron chi connectivity index (χ2n) is 6.43. The predicted octanol–water partition coefficient (Wildman–Crippen LogP) is 5.36. The highest BCUT2D eigenvalue weighted by Gasteiger charge is 2.26. The fourth-order valence-electron chi connectivity index (χ4n) is 3.75. The minimum Gasteiger partial charge on any atom is -0.459 e. The molecule has 3 rings (SSSR count). The average molecular weight is 285 g/mol. The van der Waals surface area contributed by atoms with E-state index in [9.17, 15) is 0 Å². The molecule has 1 heterocycles. The molecule has 1 unspecified atom stereocenters. The van der Waals surface area contributed by atoms with Gasteiger partial charge < -0.3 is 9.73 Å². The lowest BCUT2D eigenvalue weighted by molar-refractivity contribution is 0.292. The molecule has 2 aromatic rings. The summed E-state index contributed by atoms with van der Waals surface area (Å²) in [5.41, 5.74) is 2.29. The molecule has 2 nitrogen and oxygen atoms in total. The standard InChI is InChI=1S/C19H27NO/c1-3-20-18(15-10-6-4-5-7-11-15)17-13-16-12-8-9-14(2)19(16)21-17/h8-9,12-13,15,18,20H,3-7,10-11H2,1-2H3. The van der Waals surface area contributed by atoms with Crippen LogP contribution in [0.1, 0.15) is 62.8 Å². The molecule has 0 saturated heterocycles. The van der Waals surface area contributed by atoms with Crippen molar-refractivity contribution in [1.82, 2.24) is 5.32 Å². The van der Waals surface area contributed by atoms with Gasteiger partial charge in [-0.3, -0.25) is 0 Å². The smallest absolute Gasteiger partial charge is 0.137 e. The summed E-state index contributed by atoms with van der Waals surface area (Å²) in [6, 6.07) is 9.03. The molecular formula is C19H27NO. The second-order valence-corrected chi connectivity index (χ2v) is 6.43. The molecule has 0 aliphatic heterocycles. The molecule has 0 amide bonds. The Kier molecular flexibility index (Phi) is 4.64. The largest absolute Gasteiger partial charge is 0.459 e. The fraction of sp³-hybridized carbons (Fsp3) is 0.579. The Hall–Kier alpha value is -1.28. The summed E-state index contributed by atoms with van der Waals surface area (Å²) >= 11 is 0. The first-order valence-electron chi connectivity index (χ1n) is 8.52. The molecule has 21 heavy (non-hydrogen) atoms. The summed E-state index contributed by atoms with van der Waals surface area (Å²) in [6.07, 6.45) is 8.18. The topological polar surface area (TPSA) is 25.2 Å². The number of benzene rings is 1. The SMILES string of the molecule is CCNC(c1cc2cccc(C)c2o1)C1CCCCCC1. The zero-order valence-electron chi connectivity index (χ0n) is 13.3. The van der Waals surface area contributed by atoms with Crippen molar-refractivity contribution in [3.63, 3.8) is 0 Å². The number of furan rings is 1. The van der Waals surface area contributed by atoms with Crippen molar-refractivity contribution in [1.29, 1.82) is 0 Å². The third-order valence-electron chi connectivity index (χ3n) is 4.86. The zero-order chi connectivity index (χ0) is 14.7. The first-order chi connectivity index (χ1) is 10.3. The van der Waals surface area contributed by atoms with Gasteiger partial charge >= 0.3 is 0 Å². The van der Waals surface area contributed by atoms with Crippen LogP contribution in [-0.2, 0) is 0 Å². The number of para-hydroxylation sites is 1. The van der Waals surface area contributed by atoms with E-state index in [-0.39, 0.29) is 0 Å². The Bertz CT molecular complexity index is 578. The Balaban J connectivity index is 1.92. The van der Waals surface area contributed by atoms with Crippen molar-refractivity contribution in [2.75, 3.05) is 6.54 Å². The number of rotatable bonds is 4. The normalized spacial score (nSPS) is 18.8. The maximum absolute atomic E-state index is 6.25. The molecule has 1 aromatic heterocycles. The van der Waals surface area contributed by atoms with Crippen molar-refractivity contribution in [2.45, 2.75) is 58.4 Å². The Morgan fingerprint density at radius 1 is 1.19 bits per heavy atom. The molecule has 0 bridgehead atoms. The molecule has 0 radical (unpaired) electrons. The van der Waals surface area contributed by atoms with E-state index in [1.807, 2.05) is 0 Å². The summed E-state index contributed by atoms with van der Waals surface area (Å²) < 4.78 is 6.25. The first kappa shape index (κ1) is 14.6. The summed E-state index contributed by atoms with van der Waals surface area (Å²) in [5.74, 6) is 1.85.